The molecule has 0 aliphatic carbocycles. The molecule has 4 heterocycles. The second-order valence-corrected chi connectivity index (χ2v) is 7.98. The van der Waals surface area contributed by atoms with Gasteiger partial charge in [0.1, 0.15) is 11.6 Å². The predicted molar refractivity (Wildman–Crippen MR) is 117 cm³/mol. The molecule has 1 unspecified atom stereocenters. The van der Waals surface area contributed by atoms with Gasteiger partial charge < -0.3 is 10.7 Å². The number of aromatic nitrogens is 3. The van der Waals surface area contributed by atoms with Crippen LogP contribution in [-0.4, -0.2) is 27.9 Å². The Bertz CT molecular complexity index is 1090. The molecule has 0 bridgehead atoms. The van der Waals surface area contributed by atoms with Crippen molar-refractivity contribution in [3.8, 4) is 11.1 Å². The molecule has 3 N–H and O–H groups in total. The fraction of sp³-hybridized carbons (Fsp3) is 0.273. The molecule has 0 amide bonds. The van der Waals surface area contributed by atoms with Crippen molar-refractivity contribution in [2.24, 2.45) is 0 Å². The summed E-state index contributed by atoms with van der Waals surface area (Å²) in [5, 5.41) is 8.10. The Kier molecular flexibility index (Phi) is 5.25. The van der Waals surface area contributed by atoms with Crippen molar-refractivity contribution in [1.82, 2.24) is 25.5 Å². The van der Waals surface area contributed by atoms with Crippen LogP contribution in [0.2, 0.25) is 5.02 Å². The van der Waals surface area contributed by atoms with Gasteiger partial charge in [0, 0.05) is 29.1 Å². The van der Waals surface area contributed by atoms with E-state index < -0.39 is 5.82 Å². The maximum Gasteiger partial charge on any atom is 0.145 e. The average molecular weight is 425 g/mol. The van der Waals surface area contributed by atoms with Crippen LogP contribution >= 0.6 is 11.6 Å². The van der Waals surface area contributed by atoms with Crippen molar-refractivity contribution in [3.05, 3.63) is 70.9 Å². The van der Waals surface area contributed by atoms with Gasteiger partial charge >= 0.3 is 0 Å². The quantitative estimate of drug-likeness (QED) is 0.581. The topological polar surface area (TPSA) is 66.8 Å². The molecule has 1 atom stereocenters. The van der Waals surface area contributed by atoms with Crippen molar-refractivity contribution in [2.45, 2.75) is 24.9 Å². The fourth-order valence-electron chi connectivity index (χ4n) is 3.96. The summed E-state index contributed by atoms with van der Waals surface area (Å²) in [6.45, 7) is 2.06. The van der Waals surface area contributed by atoms with Crippen LogP contribution in [0.4, 0.5) is 10.2 Å². The van der Waals surface area contributed by atoms with Crippen LogP contribution in [0.5, 0.6) is 0 Å². The molecule has 6 nitrogen and oxygen atoms in total. The summed E-state index contributed by atoms with van der Waals surface area (Å²) < 4.78 is 15.8. The second kappa shape index (κ2) is 8.18. The lowest BCUT2D eigenvalue weighted by Gasteiger charge is -2.22. The van der Waals surface area contributed by atoms with E-state index in [2.05, 4.69) is 43.2 Å². The Morgan fingerprint density at radius 3 is 2.90 bits per heavy atom. The summed E-state index contributed by atoms with van der Waals surface area (Å²) in [7, 11) is 0. The zero-order valence-electron chi connectivity index (χ0n) is 16.3. The molecule has 2 aromatic heterocycles. The second-order valence-electron chi connectivity index (χ2n) is 7.60. The minimum absolute atomic E-state index is 0.105. The van der Waals surface area contributed by atoms with Gasteiger partial charge in [-0.1, -0.05) is 35.9 Å². The van der Waals surface area contributed by atoms with Gasteiger partial charge in [-0.15, -0.1) is 0 Å². The van der Waals surface area contributed by atoms with E-state index in [0.717, 1.165) is 48.4 Å². The van der Waals surface area contributed by atoms with Crippen LogP contribution < -0.4 is 16.2 Å². The van der Waals surface area contributed by atoms with Gasteiger partial charge in [0.05, 0.1) is 23.3 Å². The van der Waals surface area contributed by atoms with Crippen LogP contribution in [-0.2, 0) is 0 Å². The summed E-state index contributed by atoms with van der Waals surface area (Å²) in [6, 6.07) is 7.24. The molecule has 1 aromatic carbocycles. The van der Waals surface area contributed by atoms with Gasteiger partial charge in [-0.3, -0.25) is 4.68 Å². The van der Waals surface area contributed by atoms with Crippen molar-refractivity contribution < 1.29 is 4.39 Å². The van der Waals surface area contributed by atoms with Gasteiger partial charge in [-0.2, -0.15) is 5.10 Å². The van der Waals surface area contributed by atoms with Gasteiger partial charge in [0.2, 0.25) is 0 Å². The number of rotatable bonds is 4. The molecule has 2 aliphatic rings. The number of piperidine rings is 1. The Hall–Kier alpha value is -2.74. The standard InChI is InChI=1S/C22H22ClFN6/c23-21-14(2-1-3-19(21)24)4-5-20-18-10-15(11-26-22(18)29-28-20)16-12-27-30(13-16)17-6-8-25-9-7-17/h1-5,10-13,17,20,25,28H,6-9H2,(H,26,29)/b5-4-. The van der Waals surface area contributed by atoms with Crippen LogP contribution in [0.15, 0.2) is 48.9 Å². The van der Waals surface area contributed by atoms with E-state index in [1.807, 2.05) is 24.5 Å². The van der Waals surface area contributed by atoms with E-state index in [1.54, 1.807) is 12.1 Å². The minimum Gasteiger partial charge on any atom is -0.317 e. The molecule has 1 fully saturated rings. The summed E-state index contributed by atoms with van der Waals surface area (Å²) in [5.74, 6) is 0.357. The van der Waals surface area contributed by atoms with E-state index >= 15 is 0 Å². The zero-order chi connectivity index (χ0) is 20.5. The first-order chi connectivity index (χ1) is 14.7. The van der Waals surface area contributed by atoms with Crippen LogP contribution in [0.1, 0.15) is 36.1 Å². The number of benzene rings is 1. The third-order valence-electron chi connectivity index (χ3n) is 5.67. The summed E-state index contributed by atoms with van der Waals surface area (Å²) in [4.78, 5) is 4.55. The molecule has 2 aliphatic heterocycles. The highest BCUT2D eigenvalue weighted by Gasteiger charge is 2.22. The minimum atomic E-state index is -0.425. The first kappa shape index (κ1) is 19.2. The SMILES string of the molecule is Fc1cccc(/C=C\C2NNc3ncc(-c4cnn(C5CCNCC5)c4)cc32)c1Cl. The summed E-state index contributed by atoms with van der Waals surface area (Å²) in [6.07, 6.45) is 11.8. The van der Waals surface area contributed by atoms with Crippen LogP contribution in [0, 0.1) is 5.82 Å². The summed E-state index contributed by atoms with van der Waals surface area (Å²) in [5.41, 5.74) is 10.0. The number of nitrogens with zero attached hydrogens (tertiary/aromatic N) is 3. The molecule has 3 aromatic rings. The third kappa shape index (κ3) is 3.71. The lowest BCUT2D eigenvalue weighted by molar-refractivity contribution is 0.343. The third-order valence-corrected chi connectivity index (χ3v) is 6.06. The molecule has 5 rings (SSSR count). The maximum atomic E-state index is 13.7. The van der Waals surface area contributed by atoms with Gasteiger partial charge in [-0.05, 0) is 43.6 Å². The molecule has 0 radical (unpaired) electrons. The zero-order valence-corrected chi connectivity index (χ0v) is 17.0. The Morgan fingerprint density at radius 2 is 2.03 bits per heavy atom. The van der Waals surface area contributed by atoms with Gasteiger partial charge in [-0.25, -0.2) is 14.8 Å². The number of hydrogen-bond donors (Lipinski definition) is 3. The van der Waals surface area contributed by atoms with Crippen molar-refractivity contribution in [2.75, 3.05) is 18.5 Å². The molecule has 0 spiro atoms. The van der Waals surface area contributed by atoms with Crippen molar-refractivity contribution >= 4 is 23.5 Å². The molecule has 1 saturated heterocycles. The molecular formula is C22H22ClFN6. The number of pyridine rings is 1. The van der Waals surface area contributed by atoms with E-state index in [4.69, 9.17) is 11.6 Å². The first-order valence-electron chi connectivity index (χ1n) is 10.1. The normalized spacial score (nSPS) is 19.2. The average Bonchev–Trinajstić information content (AvgIpc) is 3.42. The number of halogens is 2. The highest BCUT2D eigenvalue weighted by molar-refractivity contribution is 6.32. The van der Waals surface area contributed by atoms with Gasteiger partial charge in [0.25, 0.3) is 0 Å². The lowest BCUT2D eigenvalue weighted by atomic mass is 10.0. The smallest absolute Gasteiger partial charge is 0.145 e. The van der Waals surface area contributed by atoms with Gasteiger partial charge in [0.15, 0.2) is 0 Å². The largest absolute Gasteiger partial charge is 0.317 e. The monoisotopic (exact) mass is 424 g/mol. The number of anilines is 1. The lowest BCUT2D eigenvalue weighted by Crippen LogP contribution is -2.29. The van der Waals surface area contributed by atoms with Crippen molar-refractivity contribution in [1.29, 1.82) is 0 Å². The van der Waals surface area contributed by atoms with Crippen molar-refractivity contribution in [3.63, 3.8) is 0 Å². The van der Waals surface area contributed by atoms with Crippen LogP contribution in [0.3, 0.4) is 0 Å². The number of nitrogens with one attached hydrogen (secondary N) is 3. The predicted octanol–water partition coefficient (Wildman–Crippen LogP) is 4.35. The Labute approximate surface area is 179 Å². The molecule has 0 saturated carbocycles. The van der Waals surface area contributed by atoms with E-state index in [1.165, 1.54) is 6.07 Å². The summed E-state index contributed by atoms with van der Waals surface area (Å²) >= 11 is 6.06. The first-order valence-corrected chi connectivity index (χ1v) is 10.5. The van der Waals surface area contributed by atoms with E-state index in [-0.39, 0.29) is 11.1 Å². The molecular weight excluding hydrogens is 403 g/mol. The molecule has 154 valence electrons. The van der Waals surface area contributed by atoms with E-state index in [9.17, 15) is 4.39 Å². The maximum absolute atomic E-state index is 13.7. The number of hydrogen-bond acceptors (Lipinski definition) is 5. The highest BCUT2D eigenvalue weighted by atomic mass is 35.5. The number of fused-ring (bicyclic) bond motifs is 1. The number of hydrazine groups is 1. The highest BCUT2D eigenvalue weighted by Crippen LogP contribution is 2.33. The fourth-order valence-corrected chi connectivity index (χ4v) is 4.15. The molecule has 8 heteroatoms. The van der Waals surface area contributed by atoms with E-state index in [0.29, 0.717) is 11.6 Å². The Balaban J connectivity index is 1.39. The Morgan fingerprint density at radius 1 is 1.17 bits per heavy atom. The molecule has 30 heavy (non-hydrogen) atoms. The van der Waals surface area contributed by atoms with Crippen LogP contribution in [0.25, 0.3) is 17.2 Å².